The number of nitrogens with zero attached hydrogens (tertiary/aromatic N) is 1. The number of hydrogen-bond donors (Lipinski definition) is 3. The Kier molecular flexibility index (Phi) is 6.58. The van der Waals surface area contributed by atoms with Crippen LogP contribution in [-0.4, -0.2) is 29.2 Å². The summed E-state index contributed by atoms with van der Waals surface area (Å²) >= 11 is 5.33. The van der Waals surface area contributed by atoms with Crippen LogP contribution in [0.3, 0.4) is 0 Å². The highest BCUT2D eigenvalue weighted by Gasteiger charge is 2.21. The van der Waals surface area contributed by atoms with Crippen molar-refractivity contribution in [1.29, 1.82) is 0 Å². The van der Waals surface area contributed by atoms with E-state index in [0.29, 0.717) is 35.8 Å². The second-order valence-corrected chi connectivity index (χ2v) is 6.38. The number of anilines is 1. The van der Waals surface area contributed by atoms with E-state index in [2.05, 4.69) is 22.9 Å². The molecule has 0 aliphatic heterocycles. The molecule has 1 saturated carbocycles. The van der Waals surface area contributed by atoms with Crippen LogP contribution in [0.1, 0.15) is 32.6 Å². The molecule has 1 aromatic rings. The van der Waals surface area contributed by atoms with Gasteiger partial charge < -0.3 is 16.0 Å². The Bertz CT molecular complexity index is 553. The number of rotatable bonds is 6. The lowest BCUT2D eigenvalue weighted by atomic mass is 9.86. The Labute approximate surface area is 142 Å². The van der Waals surface area contributed by atoms with E-state index in [9.17, 15) is 10.1 Å². The summed E-state index contributed by atoms with van der Waals surface area (Å²) < 4.78 is 0. The minimum Gasteiger partial charge on any atom is -0.378 e. The molecule has 1 aromatic carbocycles. The number of nitro groups is 1. The van der Waals surface area contributed by atoms with E-state index in [1.54, 1.807) is 18.2 Å². The maximum atomic E-state index is 10.9. The maximum Gasteiger partial charge on any atom is 0.292 e. The first kappa shape index (κ1) is 17.5. The third kappa shape index (κ3) is 5.35. The van der Waals surface area contributed by atoms with Gasteiger partial charge >= 0.3 is 0 Å². The third-order valence-electron chi connectivity index (χ3n) is 4.25. The first-order chi connectivity index (χ1) is 11.1. The molecule has 0 unspecified atom stereocenters. The highest BCUT2D eigenvalue weighted by molar-refractivity contribution is 7.80. The van der Waals surface area contributed by atoms with Crippen LogP contribution in [0.2, 0.25) is 0 Å². The zero-order chi connectivity index (χ0) is 16.7. The van der Waals surface area contributed by atoms with Gasteiger partial charge in [0.2, 0.25) is 0 Å². The van der Waals surface area contributed by atoms with Crippen molar-refractivity contribution >= 4 is 28.7 Å². The SMILES string of the molecule is C[C@H]1CCCC[C@@H]1NC(=S)NCCNc1ccccc1[N+](=O)[O-]. The van der Waals surface area contributed by atoms with Crippen molar-refractivity contribution in [3.8, 4) is 0 Å². The van der Waals surface area contributed by atoms with E-state index < -0.39 is 0 Å². The summed E-state index contributed by atoms with van der Waals surface area (Å²) in [5.41, 5.74) is 0.614. The van der Waals surface area contributed by atoms with Gasteiger partial charge in [-0.1, -0.05) is 31.9 Å². The first-order valence-electron chi connectivity index (χ1n) is 8.09. The smallest absolute Gasteiger partial charge is 0.292 e. The summed E-state index contributed by atoms with van der Waals surface area (Å²) in [6.45, 7) is 3.43. The van der Waals surface area contributed by atoms with Crippen molar-refractivity contribution in [3.05, 3.63) is 34.4 Å². The summed E-state index contributed by atoms with van der Waals surface area (Å²) in [7, 11) is 0. The molecule has 2 rings (SSSR count). The number of nitrogens with one attached hydrogen (secondary N) is 3. The summed E-state index contributed by atoms with van der Waals surface area (Å²) in [4.78, 5) is 10.6. The number of para-hydroxylation sites is 2. The van der Waals surface area contributed by atoms with Crippen LogP contribution in [0.25, 0.3) is 0 Å². The molecule has 0 aromatic heterocycles. The van der Waals surface area contributed by atoms with Crippen molar-refractivity contribution in [2.75, 3.05) is 18.4 Å². The van der Waals surface area contributed by atoms with Gasteiger partial charge in [-0.2, -0.15) is 0 Å². The highest BCUT2D eigenvalue weighted by atomic mass is 32.1. The molecule has 0 bridgehead atoms. The van der Waals surface area contributed by atoms with Gasteiger partial charge in [-0.3, -0.25) is 10.1 Å². The van der Waals surface area contributed by atoms with Crippen LogP contribution in [0, 0.1) is 16.0 Å². The molecule has 1 aliphatic rings. The van der Waals surface area contributed by atoms with Gasteiger partial charge in [-0.05, 0) is 37.0 Å². The minimum absolute atomic E-state index is 0.0873. The van der Waals surface area contributed by atoms with E-state index in [1.165, 1.54) is 25.3 Å². The Morgan fingerprint density at radius 2 is 2.04 bits per heavy atom. The van der Waals surface area contributed by atoms with Crippen LogP contribution >= 0.6 is 12.2 Å². The molecule has 23 heavy (non-hydrogen) atoms. The average molecular weight is 336 g/mol. The maximum absolute atomic E-state index is 10.9. The monoisotopic (exact) mass is 336 g/mol. The molecule has 0 radical (unpaired) electrons. The zero-order valence-corrected chi connectivity index (χ0v) is 14.2. The van der Waals surface area contributed by atoms with Gasteiger partial charge in [-0.25, -0.2) is 0 Å². The molecule has 0 spiro atoms. The predicted molar refractivity (Wildman–Crippen MR) is 96.7 cm³/mol. The lowest BCUT2D eigenvalue weighted by molar-refractivity contribution is -0.384. The predicted octanol–water partition coefficient (Wildman–Crippen LogP) is 3.05. The highest BCUT2D eigenvalue weighted by Crippen LogP contribution is 2.24. The number of thiocarbonyl (C=S) groups is 1. The van der Waals surface area contributed by atoms with E-state index in [4.69, 9.17) is 12.2 Å². The molecule has 0 saturated heterocycles. The summed E-state index contributed by atoms with van der Waals surface area (Å²) in [5.74, 6) is 0.647. The Morgan fingerprint density at radius 3 is 2.78 bits per heavy atom. The second-order valence-electron chi connectivity index (χ2n) is 5.97. The Hall–Kier alpha value is -1.89. The van der Waals surface area contributed by atoms with Crippen molar-refractivity contribution in [2.45, 2.75) is 38.6 Å². The van der Waals surface area contributed by atoms with E-state index in [1.807, 2.05) is 0 Å². The molecule has 1 fully saturated rings. The lowest BCUT2D eigenvalue weighted by Gasteiger charge is -2.30. The summed E-state index contributed by atoms with van der Waals surface area (Å²) in [6.07, 6.45) is 4.97. The number of benzene rings is 1. The van der Waals surface area contributed by atoms with Crippen LogP contribution in [-0.2, 0) is 0 Å². The largest absolute Gasteiger partial charge is 0.378 e. The van der Waals surface area contributed by atoms with Gasteiger partial charge in [0, 0.05) is 25.2 Å². The molecule has 2 atom stereocenters. The van der Waals surface area contributed by atoms with Gasteiger partial charge in [0.25, 0.3) is 5.69 Å². The standard InChI is InChI=1S/C16H24N4O2S/c1-12-6-2-3-7-13(12)19-16(23)18-11-10-17-14-8-4-5-9-15(14)20(21)22/h4-5,8-9,12-13,17H,2-3,6-7,10-11H2,1H3,(H2,18,19,23)/t12-,13-/m0/s1. The van der Waals surface area contributed by atoms with Gasteiger partial charge in [-0.15, -0.1) is 0 Å². The minimum atomic E-state index is -0.383. The summed E-state index contributed by atoms with van der Waals surface area (Å²) in [5, 5.41) is 21.2. The number of hydrogen-bond acceptors (Lipinski definition) is 4. The molecule has 1 aliphatic carbocycles. The average Bonchev–Trinajstić information content (AvgIpc) is 2.54. The molecule has 0 amide bonds. The molecular weight excluding hydrogens is 312 g/mol. The lowest BCUT2D eigenvalue weighted by Crippen LogP contribution is -2.46. The van der Waals surface area contributed by atoms with Crippen LogP contribution < -0.4 is 16.0 Å². The van der Waals surface area contributed by atoms with Crippen LogP contribution in [0.5, 0.6) is 0 Å². The molecule has 0 heterocycles. The topological polar surface area (TPSA) is 79.2 Å². The fourth-order valence-corrected chi connectivity index (χ4v) is 3.16. The fourth-order valence-electron chi connectivity index (χ4n) is 2.91. The van der Waals surface area contributed by atoms with Gasteiger partial charge in [0.1, 0.15) is 5.69 Å². The summed E-state index contributed by atoms with van der Waals surface area (Å²) in [6, 6.07) is 7.09. The molecule has 7 heteroatoms. The van der Waals surface area contributed by atoms with E-state index in [0.717, 1.165) is 6.42 Å². The van der Waals surface area contributed by atoms with E-state index >= 15 is 0 Å². The molecular formula is C16H24N4O2S. The molecule has 3 N–H and O–H groups in total. The zero-order valence-electron chi connectivity index (χ0n) is 13.4. The normalized spacial score (nSPS) is 20.6. The molecule has 126 valence electrons. The second kappa shape index (κ2) is 8.67. The van der Waals surface area contributed by atoms with E-state index in [-0.39, 0.29) is 10.6 Å². The third-order valence-corrected chi connectivity index (χ3v) is 4.52. The number of nitro benzene ring substituents is 1. The first-order valence-corrected chi connectivity index (χ1v) is 8.50. The van der Waals surface area contributed by atoms with Crippen LogP contribution in [0.15, 0.2) is 24.3 Å². The molecule has 6 nitrogen and oxygen atoms in total. The van der Waals surface area contributed by atoms with Gasteiger partial charge in [0.15, 0.2) is 5.11 Å². The van der Waals surface area contributed by atoms with Crippen molar-refractivity contribution < 1.29 is 4.92 Å². The van der Waals surface area contributed by atoms with Crippen molar-refractivity contribution in [1.82, 2.24) is 10.6 Å². The quantitative estimate of drug-likeness (QED) is 0.321. The van der Waals surface area contributed by atoms with Crippen LogP contribution in [0.4, 0.5) is 11.4 Å². The van der Waals surface area contributed by atoms with Crippen molar-refractivity contribution in [3.63, 3.8) is 0 Å². The van der Waals surface area contributed by atoms with Crippen molar-refractivity contribution in [2.24, 2.45) is 5.92 Å². The fraction of sp³-hybridized carbons (Fsp3) is 0.562. The van der Waals surface area contributed by atoms with Gasteiger partial charge in [0.05, 0.1) is 4.92 Å². The Morgan fingerprint density at radius 1 is 1.30 bits per heavy atom. The Balaban J connectivity index is 1.71.